The molecule has 0 amide bonds. The van der Waals surface area contributed by atoms with E-state index in [4.69, 9.17) is 10.5 Å². The third kappa shape index (κ3) is 2.30. The zero-order valence-electron chi connectivity index (χ0n) is 12.8. The zero-order chi connectivity index (χ0) is 15.7. The highest BCUT2D eigenvalue weighted by molar-refractivity contribution is 5.71. The van der Waals surface area contributed by atoms with Crippen LogP contribution < -0.4 is 17.0 Å². The summed E-state index contributed by atoms with van der Waals surface area (Å²) in [6.45, 7) is 4.51. The molecule has 21 heavy (non-hydrogen) atoms. The summed E-state index contributed by atoms with van der Waals surface area (Å²) in [4.78, 5) is 29.5. The highest BCUT2D eigenvalue weighted by Crippen LogP contribution is 2.11. The Kier molecular flexibility index (Phi) is 4.29. The zero-order valence-corrected chi connectivity index (χ0v) is 12.8. The molecule has 116 valence electrons. The van der Waals surface area contributed by atoms with Gasteiger partial charge in [0.25, 0.3) is 5.56 Å². The molecule has 0 aromatic carbocycles. The molecule has 1 unspecified atom stereocenters. The Bertz CT molecular complexity index is 771. The van der Waals surface area contributed by atoms with Gasteiger partial charge in [0.2, 0.25) is 0 Å². The fourth-order valence-corrected chi connectivity index (χ4v) is 2.42. The van der Waals surface area contributed by atoms with Gasteiger partial charge >= 0.3 is 5.69 Å². The van der Waals surface area contributed by atoms with E-state index in [1.165, 1.54) is 9.13 Å². The highest BCUT2D eigenvalue weighted by atomic mass is 16.5. The summed E-state index contributed by atoms with van der Waals surface area (Å²) in [5.41, 5.74) is 5.66. The summed E-state index contributed by atoms with van der Waals surface area (Å²) in [5.74, 6) is 0.601. The first kappa shape index (κ1) is 15.5. The van der Waals surface area contributed by atoms with E-state index in [2.05, 4.69) is 4.98 Å². The molecule has 0 saturated heterocycles. The number of hydrogen-bond donors (Lipinski definition) is 1. The Labute approximate surface area is 121 Å². The summed E-state index contributed by atoms with van der Waals surface area (Å²) >= 11 is 0. The van der Waals surface area contributed by atoms with Gasteiger partial charge in [0.15, 0.2) is 11.2 Å². The van der Waals surface area contributed by atoms with Crippen LogP contribution in [0, 0.1) is 0 Å². The molecule has 0 saturated carbocycles. The van der Waals surface area contributed by atoms with Gasteiger partial charge in [-0.3, -0.25) is 13.9 Å². The fraction of sp³-hybridized carbons (Fsp3) is 0.615. The second-order valence-electron chi connectivity index (χ2n) is 4.98. The Morgan fingerprint density at radius 1 is 1.38 bits per heavy atom. The van der Waals surface area contributed by atoms with Crippen LogP contribution in [0.25, 0.3) is 11.2 Å². The maximum absolute atomic E-state index is 12.6. The van der Waals surface area contributed by atoms with Crippen LogP contribution in [0.5, 0.6) is 0 Å². The van der Waals surface area contributed by atoms with E-state index in [0.717, 1.165) is 0 Å². The van der Waals surface area contributed by atoms with Crippen LogP contribution in [0.1, 0.15) is 25.7 Å². The largest absolute Gasteiger partial charge is 0.377 e. The molecule has 0 spiro atoms. The van der Waals surface area contributed by atoms with E-state index >= 15 is 0 Å². The first-order valence-electron chi connectivity index (χ1n) is 6.87. The Morgan fingerprint density at radius 2 is 2.05 bits per heavy atom. The van der Waals surface area contributed by atoms with Crippen LogP contribution in [0.4, 0.5) is 0 Å². The van der Waals surface area contributed by atoms with Crippen molar-refractivity contribution in [3.05, 3.63) is 26.7 Å². The number of methoxy groups -OCH3 is 1. The number of nitrogens with zero attached hydrogens (tertiary/aromatic N) is 4. The van der Waals surface area contributed by atoms with Gasteiger partial charge in [-0.25, -0.2) is 9.78 Å². The summed E-state index contributed by atoms with van der Waals surface area (Å²) in [6, 6.07) is -0.368. The van der Waals surface area contributed by atoms with E-state index in [0.29, 0.717) is 23.5 Å². The van der Waals surface area contributed by atoms with E-state index in [9.17, 15) is 9.59 Å². The average molecular weight is 295 g/mol. The lowest BCUT2D eigenvalue weighted by molar-refractivity contribution is 0.175. The number of aromatic nitrogens is 4. The molecule has 2 aromatic heterocycles. The van der Waals surface area contributed by atoms with Crippen molar-refractivity contribution in [3.8, 4) is 0 Å². The third-order valence-electron chi connectivity index (χ3n) is 3.65. The summed E-state index contributed by atoms with van der Waals surface area (Å²) in [7, 11) is 3.30. The molecule has 2 heterocycles. The van der Waals surface area contributed by atoms with Gasteiger partial charge in [0.1, 0.15) is 12.4 Å². The number of imidazole rings is 1. The average Bonchev–Trinajstić information content (AvgIpc) is 2.77. The van der Waals surface area contributed by atoms with Gasteiger partial charge in [-0.05, 0) is 13.8 Å². The van der Waals surface area contributed by atoms with Crippen molar-refractivity contribution in [3.63, 3.8) is 0 Å². The van der Waals surface area contributed by atoms with Crippen molar-refractivity contribution in [1.29, 1.82) is 0 Å². The molecule has 0 fully saturated rings. The quantitative estimate of drug-likeness (QED) is 0.808. The first-order valence-corrected chi connectivity index (χ1v) is 6.87. The maximum Gasteiger partial charge on any atom is 0.333 e. The molecule has 2 rings (SSSR count). The Morgan fingerprint density at radius 3 is 2.57 bits per heavy atom. The summed E-state index contributed by atoms with van der Waals surface area (Å²) in [5, 5.41) is 0. The van der Waals surface area contributed by atoms with E-state index in [-0.39, 0.29) is 30.4 Å². The molecule has 2 aromatic rings. The molecular formula is C13H21N5O3. The van der Waals surface area contributed by atoms with E-state index in [1.807, 2.05) is 6.92 Å². The minimum atomic E-state index is -0.380. The highest BCUT2D eigenvalue weighted by Gasteiger charge is 2.21. The second kappa shape index (κ2) is 5.82. The molecule has 0 aliphatic heterocycles. The molecule has 8 nitrogen and oxygen atoms in total. The van der Waals surface area contributed by atoms with Gasteiger partial charge in [0.05, 0.1) is 6.04 Å². The van der Waals surface area contributed by atoms with Crippen molar-refractivity contribution in [2.45, 2.75) is 33.0 Å². The normalized spacial score (nSPS) is 13.0. The second-order valence-corrected chi connectivity index (χ2v) is 4.98. The lowest BCUT2D eigenvalue weighted by Crippen LogP contribution is -2.43. The van der Waals surface area contributed by atoms with Gasteiger partial charge in [-0.1, -0.05) is 0 Å². The monoisotopic (exact) mass is 295 g/mol. The van der Waals surface area contributed by atoms with Crippen LogP contribution in [0.2, 0.25) is 0 Å². The van der Waals surface area contributed by atoms with E-state index in [1.54, 1.807) is 25.6 Å². The third-order valence-corrected chi connectivity index (χ3v) is 3.65. The predicted molar refractivity (Wildman–Crippen MR) is 79.4 cm³/mol. The minimum absolute atomic E-state index is 0.215. The van der Waals surface area contributed by atoms with Crippen molar-refractivity contribution in [2.24, 2.45) is 12.8 Å². The number of ether oxygens (including phenoxy) is 1. The fourth-order valence-electron chi connectivity index (χ4n) is 2.42. The van der Waals surface area contributed by atoms with Crippen LogP contribution in [-0.4, -0.2) is 32.3 Å². The molecule has 1 atom stereocenters. The van der Waals surface area contributed by atoms with Crippen LogP contribution in [0.15, 0.2) is 9.59 Å². The molecule has 2 N–H and O–H groups in total. The summed E-state index contributed by atoms with van der Waals surface area (Å²) < 4.78 is 9.44. The number of aryl methyl sites for hydroxylation is 2. The number of nitrogens with two attached hydrogens (primary N) is 1. The lowest BCUT2D eigenvalue weighted by atomic mass is 10.3. The van der Waals surface area contributed by atoms with Crippen LogP contribution in [0.3, 0.4) is 0 Å². The van der Waals surface area contributed by atoms with Crippen LogP contribution >= 0.6 is 0 Å². The van der Waals surface area contributed by atoms with Gasteiger partial charge in [-0.15, -0.1) is 0 Å². The summed E-state index contributed by atoms with van der Waals surface area (Å²) in [6.07, 6.45) is 0. The standard InChI is InChI=1S/C13H21N5O3/c1-5-17-11-10(16(3)9(15-11)7-21-4)12(19)18(13(17)20)8(2)6-14/h8H,5-7,14H2,1-4H3. The van der Waals surface area contributed by atoms with Crippen molar-refractivity contribution in [2.75, 3.05) is 13.7 Å². The number of fused-ring (bicyclic) bond motifs is 1. The number of rotatable bonds is 5. The lowest BCUT2D eigenvalue weighted by Gasteiger charge is -2.14. The smallest absolute Gasteiger partial charge is 0.333 e. The SMILES string of the molecule is CCn1c(=O)n(C(C)CN)c(=O)c2c1nc(COC)n2C. The molecular weight excluding hydrogens is 274 g/mol. The molecule has 0 aliphatic carbocycles. The first-order chi connectivity index (χ1) is 9.97. The van der Waals surface area contributed by atoms with Crippen molar-refractivity contribution >= 4 is 11.2 Å². The number of hydrogen-bond acceptors (Lipinski definition) is 5. The predicted octanol–water partition coefficient (Wildman–Crippen LogP) is -0.417. The minimum Gasteiger partial charge on any atom is -0.377 e. The molecule has 8 heteroatoms. The van der Waals surface area contributed by atoms with Crippen molar-refractivity contribution < 1.29 is 4.74 Å². The van der Waals surface area contributed by atoms with Gasteiger partial charge in [0, 0.05) is 27.2 Å². The van der Waals surface area contributed by atoms with E-state index < -0.39 is 0 Å². The molecule has 0 aliphatic rings. The Balaban J connectivity index is 2.94. The topological polar surface area (TPSA) is 97.1 Å². The van der Waals surface area contributed by atoms with Crippen LogP contribution in [-0.2, 0) is 24.9 Å². The van der Waals surface area contributed by atoms with Gasteiger partial charge in [-0.2, -0.15) is 0 Å². The molecule has 0 radical (unpaired) electrons. The van der Waals surface area contributed by atoms with Crippen molar-refractivity contribution in [1.82, 2.24) is 18.7 Å². The molecule has 0 bridgehead atoms. The van der Waals surface area contributed by atoms with Gasteiger partial charge < -0.3 is 15.0 Å². The maximum atomic E-state index is 12.6. The Hall–Kier alpha value is -1.93.